The van der Waals surface area contributed by atoms with Crippen molar-refractivity contribution in [2.45, 2.75) is 32.0 Å². The quantitative estimate of drug-likeness (QED) is 0.296. The molecule has 11 nitrogen and oxygen atoms in total. The zero-order valence-electron chi connectivity index (χ0n) is 14.5. The Morgan fingerprint density at radius 1 is 1.22 bits per heavy atom. The molecule has 0 aromatic heterocycles. The summed E-state index contributed by atoms with van der Waals surface area (Å²) in [7, 11) is 0. The van der Waals surface area contributed by atoms with Crippen molar-refractivity contribution in [3.05, 3.63) is 35.9 Å². The zero-order chi connectivity index (χ0) is 20.2. The second kappa shape index (κ2) is 11.1. The Hall–Kier alpha value is -3.63. The van der Waals surface area contributed by atoms with E-state index in [1.165, 1.54) is 6.92 Å². The number of hydrogen-bond acceptors (Lipinski definition) is 6. The number of ether oxygens (including phenoxy) is 1. The number of carbonyl (C=O) groups excluding carboxylic acids is 3. The van der Waals surface area contributed by atoms with Crippen molar-refractivity contribution in [1.29, 1.82) is 0 Å². The van der Waals surface area contributed by atoms with Crippen LogP contribution in [0.25, 0.3) is 0 Å². The van der Waals surface area contributed by atoms with Crippen molar-refractivity contribution < 1.29 is 29.0 Å². The summed E-state index contributed by atoms with van der Waals surface area (Å²) in [5, 5.41) is 17.0. The molecule has 6 N–H and O–H groups in total. The summed E-state index contributed by atoms with van der Waals surface area (Å²) in [6, 6.07) is 6.01. The average Bonchev–Trinajstić information content (AvgIpc) is 2.59. The number of amides is 4. The molecule has 1 rings (SSSR count). The molecule has 0 aliphatic rings. The van der Waals surface area contributed by atoms with Crippen molar-refractivity contribution in [3.8, 4) is 0 Å². The van der Waals surface area contributed by atoms with E-state index < -0.39 is 42.5 Å². The fraction of sp³-hybridized carbons (Fsp3) is 0.312. The van der Waals surface area contributed by atoms with Gasteiger partial charge in [0.1, 0.15) is 12.6 Å². The van der Waals surface area contributed by atoms with Crippen molar-refractivity contribution in [2.24, 2.45) is 10.8 Å². The molecule has 0 aliphatic heterocycles. The van der Waals surface area contributed by atoms with Crippen molar-refractivity contribution in [1.82, 2.24) is 16.1 Å². The minimum atomic E-state index is -1.20. The molecule has 146 valence electrons. The lowest BCUT2D eigenvalue weighted by molar-refractivity contribution is -0.137. The summed E-state index contributed by atoms with van der Waals surface area (Å²) in [6.07, 6.45) is -0.279. The number of nitrogens with two attached hydrogens (primary N) is 1. The molecule has 27 heavy (non-hydrogen) atoms. The van der Waals surface area contributed by atoms with E-state index in [9.17, 15) is 19.2 Å². The number of primary amides is 1. The van der Waals surface area contributed by atoms with Gasteiger partial charge in [0.05, 0.1) is 12.5 Å². The monoisotopic (exact) mass is 379 g/mol. The molecule has 0 saturated carbocycles. The highest BCUT2D eigenvalue weighted by atomic mass is 16.5. The van der Waals surface area contributed by atoms with Gasteiger partial charge in [-0.2, -0.15) is 5.10 Å². The lowest BCUT2D eigenvalue weighted by Crippen LogP contribution is -2.49. The Labute approximate surface area is 154 Å². The molecule has 1 aromatic carbocycles. The first kappa shape index (κ1) is 21.4. The smallest absolute Gasteiger partial charge is 0.408 e. The molecule has 0 aliphatic carbocycles. The van der Waals surface area contributed by atoms with Crippen molar-refractivity contribution >= 4 is 30.2 Å². The number of carboxylic acids is 1. The molecule has 1 aromatic rings. The maximum atomic E-state index is 12.1. The van der Waals surface area contributed by atoms with Crippen LogP contribution in [0.4, 0.5) is 9.59 Å². The highest BCUT2D eigenvalue weighted by Crippen LogP contribution is 2.01. The van der Waals surface area contributed by atoms with Crippen LogP contribution in [0.2, 0.25) is 0 Å². The summed E-state index contributed by atoms with van der Waals surface area (Å²) in [4.78, 5) is 45.2. The normalized spacial score (nSPS) is 12.6. The summed E-state index contributed by atoms with van der Waals surface area (Å²) in [5.74, 6) is -1.86. The fourth-order valence-electron chi connectivity index (χ4n) is 1.83. The standard InChI is InChI=1S/C16H21N5O6/c1-10(19-16(26)27-9-11-5-3-2-4-6-11)14(24)20-12(7-13(22)23)8-18-21-15(17)25/h2-6,8,10,12H,7,9H2,1H3,(H,19,26)(H,20,24)(H,22,23)(H3,17,21,25)/b18-8+/t10-,12-/m0/s1. The van der Waals surface area contributed by atoms with Crippen LogP contribution in [0.15, 0.2) is 35.4 Å². The summed E-state index contributed by atoms with van der Waals surface area (Å²) in [5.41, 5.74) is 7.50. The van der Waals surface area contributed by atoms with Crippen molar-refractivity contribution in [3.63, 3.8) is 0 Å². The largest absolute Gasteiger partial charge is 0.481 e. The first-order chi connectivity index (χ1) is 12.8. The van der Waals surface area contributed by atoms with Gasteiger partial charge in [0.25, 0.3) is 0 Å². The predicted molar refractivity (Wildman–Crippen MR) is 94.6 cm³/mol. The number of rotatable bonds is 9. The molecule has 2 atom stereocenters. The van der Waals surface area contributed by atoms with E-state index in [-0.39, 0.29) is 6.61 Å². The molecule has 4 amide bonds. The molecule has 0 unspecified atom stereocenters. The molecule has 0 spiro atoms. The Morgan fingerprint density at radius 3 is 2.48 bits per heavy atom. The van der Waals surface area contributed by atoms with Crippen LogP contribution in [-0.2, 0) is 20.9 Å². The van der Waals surface area contributed by atoms with Crippen LogP contribution in [0.1, 0.15) is 18.9 Å². The summed E-state index contributed by atoms with van der Waals surface area (Å²) in [6.45, 7) is 1.43. The molecular weight excluding hydrogens is 358 g/mol. The van der Waals surface area contributed by atoms with E-state index in [0.717, 1.165) is 11.8 Å². The Morgan fingerprint density at radius 2 is 1.89 bits per heavy atom. The van der Waals surface area contributed by atoms with Gasteiger partial charge in [0.2, 0.25) is 5.91 Å². The number of benzene rings is 1. The number of urea groups is 1. The van der Waals surface area contributed by atoms with Gasteiger partial charge in [-0.3, -0.25) is 9.59 Å². The van der Waals surface area contributed by atoms with Crippen LogP contribution in [0.5, 0.6) is 0 Å². The lowest BCUT2D eigenvalue weighted by atomic mass is 10.2. The average molecular weight is 379 g/mol. The topological polar surface area (TPSA) is 172 Å². The van der Waals surface area contributed by atoms with Crippen molar-refractivity contribution in [2.75, 3.05) is 0 Å². The number of nitrogens with zero attached hydrogens (tertiary/aromatic N) is 1. The maximum absolute atomic E-state index is 12.1. The van der Waals surface area contributed by atoms with Gasteiger partial charge in [0, 0.05) is 6.21 Å². The molecule has 0 bridgehead atoms. The van der Waals surface area contributed by atoms with Gasteiger partial charge in [-0.1, -0.05) is 30.3 Å². The first-order valence-corrected chi connectivity index (χ1v) is 7.86. The molecule has 0 heterocycles. The summed E-state index contributed by atoms with van der Waals surface area (Å²) >= 11 is 0. The van der Waals surface area contributed by atoms with Crippen LogP contribution < -0.4 is 21.8 Å². The minimum Gasteiger partial charge on any atom is -0.481 e. The number of aliphatic carboxylic acids is 1. The summed E-state index contributed by atoms with van der Waals surface area (Å²) < 4.78 is 5.00. The Kier molecular flexibility index (Phi) is 8.78. The van der Waals surface area contributed by atoms with E-state index in [2.05, 4.69) is 15.7 Å². The number of hydrogen-bond donors (Lipinski definition) is 5. The third-order valence-corrected chi connectivity index (χ3v) is 3.09. The molecular formula is C16H21N5O6. The van der Waals surface area contributed by atoms with Crippen LogP contribution in [0, 0.1) is 0 Å². The van der Waals surface area contributed by atoms with Crippen LogP contribution in [0.3, 0.4) is 0 Å². The van der Waals surface area contributed by atoms with Crippen LogP contribution >= 0.6 is 0 Å². The molecule has 0 fully saturated rings. The van der Waals surface area contributed by atoms with Gasteiger partial charge < -0.3 is 26.2 Å². The van der Waals surface area contributed by atoms with Gasteiger partial charge in [0.15, 0.2) is 0 Å². The molecule has 0 radical (unpaired) electrons. The number of carbonyl (C=O) groups is 4. The highest BCUT2D eigenvalue weighted by molar-refractivity contribution is 5.89. The van der Waals surface area contributed by atoms with E-state index >= 15 is 0 Å². The van der Waals surface area contributed by atoms with Crippen LogP contribution in [-0.4, -0.2) is 47.4 Å². The zero-order valence-corrected chi connectivity index (χ0v) is 14.5. The van der Waals surface area contributed by atoms with Gasteiger partial charge in [-0.15, -0.1) is 0 Å². The van der Waals surface area contributed by atoms with Gasteiger partial charge >= 0.3 is 18.1 Å². The fourth-order valence-corrected chi connectivity index (χ4v) is 1.83. The molecule has 11 heteroatoms. The third kappa shape index (κ3) is 9.43. The Balaban J connectivity index is 2.51. The highest BCUT2D eigenvalue weighted by Gasteiger charge is 2.20. The number of carboxylic acid groups (broad SMARTS) is 1. The molecule has 0 saturated heterocycles. The lowest BCUT2D eigenvalue weighted by Gasteiger charge is -2.17. The van der Waals surface area contributed by atoms with E-state index in [0.29, 0.717) is 0 Å². The first-order valence-electron chi connectivity index (χ1n) is 7.86. The second-order valence-corrected chi connectivity index (χ2v) is 5.39. The number of nitrogens with one attached hydrogen (secondary N) is 3. The number of alkyl carbamates (subject to hydrolysis) is 1. The van der Waals surface area contributed by atoms with E-state index in [1.807, 2.05) is 11.5 Å². The second-order valence-electron chi connectivity index (χ2n) is 5.39. The SMILES string of the molecule is C[C@H](NC(=O)OCc1ccccc1)C(=O)N[C@H](/C=N/NC(N)=O)CC(=O)O. The Bertz CT molecular complexity index is 694. The van der Waals surface area contributed by atoms with E-state index in [4.69, 9.17) is 15.6 Å². The van der Waals surface area contributed by atoms with Gasteiger partial charge in [-0.25, -0.2) is 15.0 Å². The maximum Gasteiger partial charge on any atom is 0.408 e. The van der Waals surface area contributed by atoms with Gasteiger partial charge in [-0.05, 0) is 12.5 Å². The van der Waals surface area contributed by atoms with E-state index in [1.54, 1.807) is 24.3 Å². The number of hydrazone groups is 1. The predicted octanol–water partition coefficient (Wildman–Crippen LogP) is -0.0851. The third-order valence-electron chi connectivity index (χ3n) is 3.09. The minimum absolute atomic E-state index is 0.0358.